The predicted octanol–water partition coefficient (Wildman–Crippen LogP) is 4.57. The van der Waals surface area contributed by atoms with Gasteiger partial charge in [0.05, 0.1) is 24.1 Å². The molecule has 3 aromatic rings. The van der Waals surface area contributed by atoms with Gasteiger partial charge in [-0.2, -0.15) is 5.10 Å². The molecule has 0 unspecified atom stereocenters. The quantitative estimate of drug-likeness (QED) is 0.539. The lowest BCUT2D eigenvalue weighted by molar-refractivity contribution is 0.104. The SMILES string of the molecule is COc1ccc(C(=O)/C=C/c2cc(-c3ccc(F)c(C)c3)n[nH]2)c(F)c1. The van der Waals surface area contributed by atoms with Crippen LogP contribution in [0.2, 0.25) is 0 Å². The Balaban J connectivity index is 1.78. The third kappa shape index (κ3) is 3.69. The molecule has 0 saturated carbocycles. The predicted molar refractivity (Wildman–Crippen MR) is 95.0 cm³/mol. The van der Waals surface area contributed by atoms with Gasteiger partial charge in [0.15, 0.2) is 5.78 Å². The minimum Gasteiger partial charge on any atom is -0.497 e. The monoisotopic (exact) mass is 354 g/mol. The third-order valence-corrected chi connectivity index (χ3v) is 3.91. The number of carbonyl (C=O) groups is 1. The number of hydrogen-bond acceptors (Lipinski definition) is 3. The van der Waals surface area contributed by atoms with Gasteiger partial charge in [-0.1, -0.05) is 0 Å². The highest BCUT2D eigenvalue weighted by atomic mass is 19.1. The molecule has 4 nitrogen and oxygen atoms in total. The first kappa shape index (κ1) is 17.5. The van der Waals surface area contributed by atoms with Crippen LogP contribution in [0.5, 0.6) is 5.75 Å². The van der Waals surface area contributed by atoms with Crippen molar-refractivity contribution >= 4 is 11.9 Å². The normalized spacial score (nSPS) is 11.1. The van der Waals surface area contributed by atoms with Crippen molar-refractivity contribution in [1.29, 1.82) is 0 Å². The lowest BCUT2D eigenvalue weighted by Gasteiger charge is -2.02. The molecular formula is C20H16F2N2O2. The summed E-state index contributed by atoms with van der Waals surface area (Å²) >= 11 is 0. The first-order chi connectivity index (χ1) is 12.5. The van der Waals surface area contributed by atoms with Crippen LogP contribution in [-0.4, -0.2) is 23.1 Å². The molecule has 6 heteroatoms. The van der Waals surface area contributed by atoms with E-state index in [4.69, 9.17) is 4.74 Å². The van der Waals surface area contributed by atoms with Crippen molar-refractivity contribution in [3.05, 3.63) is 77.0 Å². The molecule has 0 radical (unpaired) electrons. The van der Waals surface area contributed by atoms with E-state index in [2.05, 4.69) is 10.2 Å². The molecule has 0 bridgehead atoms. The van der Waals surface area contributed by atoms with Gasteiger partial charge in [-0.25, -0.2) is 8.78 Å². The Morgan fingerprint density at radius 3 is 2.62 bits per heavy atom. The van der Waals surface area contributed by atoms with Crippen molar-refractivity contribution in [3.63, 3.8) is 0 Å². The van der Waals surface area contributed by atoms with E-state index in [1.54, 1.807) is 25.1 Å². The van der Waals surface area contributed by atoms with E-state index in [-0.39, 0.29) is 11.4 Å². The maximum atomic E-state index is 13.9. The number of nitrogens with zero attached hydrogens (tertiary/aromatic N) is 1. The number of rotatable bonds is 5. The standard InChI is InChI=1S/C20H16F2N2O2/c1-12-9-13(3-7-17(12)21)19-10-14(23-24-19)4-8-20(25)16-6-5-15(26-2)11-18(16)22/h3-11H,1-2H3,(H,23,24)/b8-4+. The van der Waals surface area contributed by atoms with Crippen LogP contribution in [0.4, 0.5) is 8.78 Å². The molecule has 1 heterocycles. The van der Waals surface area contributed by atoms with Crippen LogP contribution in [-0.2, 0) is 0 Å². The van der Waals surface area contributed by atoms with Crippen LogP contribution < -0.4 is 4.74 Å². The molecule has 2 aromatic carbocycles. The highest BCUT2D eigenvalue weighted by molar-refractivity contribution is 6.07. The second-order valence-electron chi connectivity index (χ2n) is 5.72. The summed E-state index contributed by atoms with van der Waals surface area (Å²) in [4.78, 5) is 12.2. The number of nitrogens with one attached hydrogen (secondary N) is 1. The van der Waals surface area contributed by atoms with E-state index in [0.717, 1.165) is 11.6 Å². The second kappa shape index (κ2) is 7.31. The van der Waals surface area contributed by atoms with Gasteiger partial charge in [-0.05, 0) is 61.0 Å². The molecule has 0 atom stereocenters. The van der Waals surface area contributed by atoms with Crippen LogP contribution in [0.15, 0.2) is 48.5 Å². The molecule has 0 aliphatic carbocycles. The second-order valence-corrected chi connectivity index (χ2v) is 5.72. The van der Waals surface area contributed by atoms with Crippen molar-refractivity contribution in [2.45, 2.75) is 6.92 Å². The highest BCUT2D eigenvalue weighted by Gasteiger charge is 2.10. The number of aromatic amines is 1. The molecule has 0 spiro atoms. The summed E-state index contributed by atoms with van der Waals surface area (Å²) in [6, 6.07) is 10.5. The fourth-order valence-corrected chi connectivity index (χ4v) is 2.45. The average Bonchev–Trinajstić information content (AvgIpc) is 3.11. The van der Waals surface area contributed by atoms with Crippen molar-refractivity contribution in [3.8, 4) is 17.0 Å². The molecule has 26 heavy (non-hydrogen) atoms. The van der Waals surface area contributed by atoms with Crippen molar-refractivity contribution in [2.24, 2.45) is 0 Å². The number of aromatic nitrogens is 2. The van der Waals surface area contributed by atoms with E-state index in [9.17, 15) is 13.6 Å². The number of methoxy groups -OCH3 is 1. The number of carbonyl (C=O) groups excluding carboxylic acids is 1. The Bertz CT molecular complexity index is 993. The fraction of sp³-hybridized carbons (Fsp3) is 0.100. The van der Waals surface area contributed by atoms with E-state index in [1.165, 1.54) is 37.5 Å². The van der Waals surface area contributed by atoms with E-state index in [1.807, 2.05) is 0 Å². The van der Waals surface area contributed by atoms with Gasteiger partial charge in [0, 0.05) is 11.6 Å². The van der Waals surface area contributed by atoms with E-state index < -0.39 is 11.6 Å². The molecule has 0 aliphatic rings. The Morgan fingerprint density at radius 2 is 1.92 bits per heavy atom. The van der Waals surface area contributed by atoms with Crippen LogP contribution >= 0.6 is 0 Å². The number of allylic oxidation sites excluding steroid dienone is 1. The van der Waals surface area contributed by atoms with Crippen molar-refractivity contribution < 1.29 is 18.3 Å². The number of H-pyrrole nitrogens is 1. The Morgan fingerprint density at radius 1 is 1.12 bits per heavy atom. The van der Waals surface area contributed by atoms with Crippen LogP contribution in [0.25, 0.3) is 17.3 Å². The number of halogens is 2. The summed E-state index contributed by atoms with van der Waals surface area (Å²) in [7, 11) is 1.43. The smallest absolute Gasteiger partial charge is 0.188 e. The molecule has 0 fully saturated rings. The summed E-state index contributed by atoms with van der Waals surface area (Å²) in [5, 5.41) is 6.93. The Kier molecular flexibility index (Phi) is 4.93. The summed E-state index contributed by atoms with van der Waals surface area (Å²) < 4.78 is 32.2. The Hall–Kier alpha value is -3.28. The lowest BCUT2D eigenvalue weighted by atomic mass is 10.1. The molecule has 132 valence electrons. The minimum absolute atomic E-state index is 0.0454. The number of ketones is 1. The van der Waals surface area contributed by atoms with Gasteiger partial charge >= 0.3 is 0 Å². The minimum atomic E-state index is -0.647. The highest BCUT2D eigenvalue weighted by Crippen LogP contribution is 2.21. The van der Waals surface area contributed by atoms with E-state index in [0.29, 0.717) is 22.7 Å². The molecule has 0 aliphatic heterocycles. The summed E-state index contributed by atoms with van der Waals surface area (Å²) in [6.45, 7) is 1.67. The third-order valence-electron chi connectivity index (χ3n) is 3.91. The maximum Gasteiger partial charge on any atom is 0.188 e. The van der Waals surface area contributed by atoms with Gasteiger partial charge in [-0.15, -0.1) is 0 Å². The maximum absolute atomic E-state index is 13.9. The largest absolute Gasteiger partial charge is 0.497 e. The van der Waals surface area contributed by atoms with E-state index >= 15 is 0 Å². The van der Waals surface area contributed by atoms with Gasteiger partial charge in [-0.3, -0.25) is 9.89 Å². The van der Waals surface area contributed by atoms with Gasteiger partial charge in [0.2, 0.25) is 0 Å². The molecule has 1 aromatic heterocycles. The fourth-order valence-electron chi connectivity index (χ4n) is 2.45. The molecule has 0 saturated heterocycles. The Labute approximate surface area is 149 Å². The number of hydrogen-bond donors (Lipinski definition) is 1. The average molecular weight is 354 g/mol. The van der Waals surface area contributed by atoms with Crippen LogP contribution in [0, 0.1) is 18.6 Å². The van der Waals surface area contributed by atoms with Crippen molar-refractivity contribution in [1.82, 2.24) is 10.2 Å². The van der Waals surface area contributed by atoms with Crippen LogP contribution in [0.1, 0.15) is 21.6 Å². The number of ether oxygens (including phenoxy) is 1. The summed E-state index contributed by atoms with van der Waals surface area (Å²) in [5.41, 5.74) is 2.43. The molecule has 1 N–H and O–H groups in total. The zero-order valence-electron chi connectivity index (χ0n) is 14.2. The van der Waals surface area contributed by atoms with Crippen molar-refractivity contribution in [2.75, 3.05) is 7.11 Å². The molecule has 0 amide bonds. The van der Waals surface area contributed by atoms with Crippen LogP contribution in [0.3, 0.4) is 0 Å². The summed E-state index contributed by atoms with van der Waals surface area (Å²) in [5.74, 6) is -1.06. The van der Waals surface area contributed by atoms with Gasteiger partial charge in [0.1, 0.15) is 17.4 Å². The number of aryl methyl sites for hydroxylation is 1. The lowest BCUT2D eigenvalue weighted by Crippen LogP contribution is -1.99. The summed E-state index contributed by atoms with van der Waals surface area (Å²) in [6.07, 6.45) is 2.77. The van der Waals surface area contributed by atoms with Gasteiger partial charge < -0.3 is 4.74 Å². The zero-order chi connectivity index (χ0) is 18.7. The molecule has 3 rings (SSSR count). The number of benzene rings is 2. The van der Waals surface area contributed by atoms with Gasteiger partial charge in [0.25, 0.3) is 0 Å². The first-order valence-corrected chi connectivity index (χ1v) is 7.86. The topological polar surface area (TPSA) is 55.0 Å². The first-order valence-electron chi connectivity index (χ1n) is 7.86. The molecular weight excluding hydrogens is 338 g/mol. The zero-order valence-corrected chi connectivity index (χ0v) is 14.2.